The first-order chi connectivity index (χ1) is 19.6. The molecule has 40 heavy (non-hydrogen) atoms. The zero-order chi connectivity index (χ0) is 27.5. The maximum Gasteiger partial charge on any atom is 0.227 e. The molecule has 4 N–H and O–H groups in total. The molecule has 0 aliphatic heterocycles. The van der Waals surface area contributed by atoms with Crippen LogP contribution >= 0.6 is 11.6 Å². The number of aromatic nitrogens is 3. The van der Waals surface area contributed by atoms with Gasteiger partial charge in [0, 0.05) is 35.1 Å². The largest absolute Gasteiger partial charge is 0.497 e. The Morgan fingerprint density at radius 1 is 0.925 bits per heavy atom. The summed E-state index contributed by atoms with van der Waals surface area (Å²) in [5.41, 5.74) is 13.4. The Morgan fingerprint density at radius 2 is 1.70 bits per heavy atom. The van der Waals surface area contributed by atoms with Crippen molar-refractivity contribution in [2.24, 2.45) is 0 Å². The van der Waals surface area contributed by atoms with Crippen LogP contribution < -0.4 is 21.1 Å². The molecule has 8 heteroatoms. The van der Waals surface area contributed by atoms with Crippen LogP contribution in [0.1, 0.15) is 5.56 Å². The number of hydrogen-bond acceptors (Lipinski definition) is 6. The Bertz CT molecular complexity index is 1780. The van der Waals surface area contributed by atoms with Crippen LogP contribution in [0.4, 0.5) is 23.0 Å². The van der Waals surface area contributed by atoms with Gasteiger partial charge in [-0.1, -0.05) is 60.1 Å². The lowest BCUT2D eigenvalue weighted by Gasteiger charge is -2.13. The molecular weight excluding hydrogens is 520 g/mol. The lowest BCUT2D eigenvalue weighted by molar-refractivity contribution is 0.414. The van der Waals surface area contributed by atoms with Gasteiger partial charge in [-0.3, -0.25) is 0 Å². The van der Waals surface area contributed by atoms with E-state index in [0.29, 0.717) is 28.9 Å². The molecule has 0 saturated carbocycles. The van der Waals surface area contributed by atoms with E-state index in [1.807, 2.05) is 72.8 Å². The molecule has 0 bridgehead atoms. The minimum atomic E-state index is 0.425. The van der Waals surface area contributed by atoms with Gasteiger partial charge in [0.05, 0.1) is 40.9 Å². The summed E-state index contributed by atoms with van der Waals surface area (Å²) >= 11 is 6.64. The highest BCUT2D eigenvalue weighted by Crippen LogP contribution is 2.36. The van der Waals surface area contributed by atoms with E-state index in [1.54, 1.807) is 13.3 Å². The number of anilines is 4. The Kier molecular flexibility index (Phi) is 6.95. The molecule has 0 fully saturated rings. The number of para-hydroxylation sites is 2. The van der Waals surface area contributed by atoms with Crippen molar-refractivity contribution < 1.29 is 4.74 Å². The van der Waals surface area contributed by atoms with Crippen LogP contribution in [-0.4, -0.2) is 21.6 Å². The molecule has 0 aliphatic carbocycles. The summed E-state index contributed by atoms with van der Waals surface area (Å²) < 4.78 is 7.37. The van der Waals surface area contributed by atoms with Crippen molar-refractivity contribution in [2.45, 2.75) is 6.54 Å². The number of rotatable bonds is 8. The molecule has 0 spiro atoms. The van der Waals surface area contributed by atoms with Crippen LogP contribution in [0.15, 0.2) is 109 Å². The number of methoxy groups -OCH3 is 1. The molecule has 0 aliphatic rings. The average molecular weight is 547 g/mol. The summed E-state index contributed by atoms with van der Waals surface area (Å²) in [5, 5.41) is 8.18. The molecule has 7 nitrogen and oxygen atoms in total. The van der Waals surface area contributed by atoms with Crippen LogP contribution in [0.2, 0.25) is 5.02 Å². The molecule has 4 aromatic carbocycles. The summed E-state index contributed by atoms with van der Waals surface area (Å²) in [6.45, 7) is 0.640. The number of nitrogens with one attached hydrogen (secondary N) is 2. The number of nitrogens with two attached hydrogens (primary N) is 1. The van der Waals surface area contributed by atoms with Gasteiger partial charge >= 0.3 is 0 Å². The van der Waals surface area contributed by atoms with Crippen molar-refractivity contribution in [3.63, 3.8) is 0 Å². The smallest absolute Gasteiger partial charge is 0.227 e. The second-order valence-corrected chi connectivity index (χ2v) is 9.69. The molecule has 0 saturated heterocycles. The fraction of sp³-hybridized carbons (Fsp3) is 0.0625. The molecule has 0 atom stereocenters. The standard InChI is InChI=1S/C32H27ClN6O/c1-40-24-14-11-21(12-15-24)18-35-29-16-13-22(17-28(29)34)37-32-36-19-27(33)31(38-32)26-20-39(23-7-3-2-4-8-23)30-10-6-5-9-25(26)30/h2-17,19-20,35H,18,34H2,1H3,(H,36,37,38). The van der Waals surface area contributed by atoms with Crippen LogP contribution in [0.5, 0.6) is 5.75 Å². The maximum absolute atomic E-state index is 6.64. The third-order valence-electron chi connectivity index (χ3n) is 6.70. The van der Waals surface area contributed by atoms with E-state index in [2.05, 4.69) is 50.6 Å². The fourth-order valence-corrected chi connectivity index (χ4v) is 4.85. The number of nitrogens with zero attached hydrogens (tertiary/aromatic N) is 3. The number of hydrogen-bond donors (Lipinski definition) is 3. The molecule has 6 aromatic rings. The van der Waals surface area contributed by atoms with Crippen molar-refractivity contribution in [1.29, 1.82) is 0 Å². The number of nitrogen functional groups attached to an aromatic ring is 1. The minimum Gasteiger partial charge on any atom is -0.497 e. The predicted molar refractivity (Wildman–Crippen MR) is 164 cm³/mol. The molecule has 2 heterocycles. The zero-order valence-corrected chi connectivity index (χ0v) is 22.6. The van der Waals surface area contributed by atoms with E-state index in [0.717, 1.165) is 44.8 Å². The third kappa shape index (κ3) is 5.15. The summed E-state index contributed by atoms with van der Waals surface area (Å²) in [6.07, 6.45) is 3.69. The van der Waals surface area contributed by atoms with Crippen molar-refractivity contribution in [2.75, 3.05) is 23.5 Å². The van der Waals surface area contributed by atoms with Gasteiger partial charge in [-0.05, 0) is 54.1 Å². The highest BCUT2D eigenvalue weighted by atomic mass is 35.5. The van der Waals surface area contributed by atoms with Gasteiger partial charge in [-0.15, -0.1) is 0 Å². The normalized spacial score (nSPS) is 10.9. The number of fused-ring (bicyclic) bond motifs is 1. The number of halogens is 1. The topological polar surface area (TPSA) is 90.0 Å². The van der Waals surface area contributed by atoms with E-state index in [-0.39, 0.29) is 0 Å². The Balaban J connectivity index is 1.25. The SMILES string of the molecule is COc1ccc(CNc2ccc(Nc3ncc(Cl)c(-c4cn(-c5ccccc5)c5ccccc45)n3)cc2N)cc1. The van der Waals surface area contributed by atoms with Crippen LogP contribution in [-0.2, 0) is 6.54 Å². The number of ether oxygens (including phenoxy) is 1. The maximum atomic E-state index is 6.64. The van der Waals surface area contributed by atoms with E-state index in [9.17, 15) is 0 Å². The summed E-state index contributed by atoms with van der Waals surface area (Å²) in [5.74, 6) is 1.25. The first-order valence-electron chi connectivity index (χ1n) is 12.8. The van der Waals surface area contributed by atoms with Crippen LogP contribution in [0.3, 0.4) is 0 Å². The van der Waals surface area contributed by atoms with Gasteiger partial charge in [-0.2, -0.15) is 0 Å². The molecule has 0 radical (unpaired) electrons. The second-order valence-electron chi connectivity index (χ2n) is 9.28. The summed E-state index contributed by atoms with van der Waals surface area (Å²) in [7, 11) is 1.66. The van der Waals surface area contributed by atoms with Crippen LogP contribution in [0.25, 0.3) is 27.8 Å². The first-order valence-corrected chi connectivity index (χ1v) is 13.2. The van der Waals surface area contributed by atoms with E-state index in [1.165, 1.54) is 0 Å². The quantitative estimate of drug-likeness (QED) is 0.170. The average Bonchev–Trinajstić information content (AvgIpc) is 3.38. The molecule has 6 rings (SSSR count). The van der Waals surface area contributed by atoms with Crippen molar-refractivity contribution >= 4 is 45.5 Å². The number of benzene rings is 4. The van der Waals surface area contributed by atoms with Crippen molar-refractivity contribution in [3.8, 4) is 22.7 Å². The van der Waals surface area contributed by atoms with Crippen molar-refractivity contribution in [1.82, 2.24) is 14.5 Å². The molecule has 198 valence electrons. The van der Waals surface area contributed by atoms with E-state index < -0.39 is 0 Å². The van der Waals surface area contributed by atoms with Gasteiger partial charge in [0.1, 0.15) is 5.75 Å². The zero-order valence-electron chi connectivity index (χ0n) is 21.8. The predicted octanol–water partition coefficient (Wildman–Crippen LogP) is 7.69. The highest BCUT2D eigenvalue weighted by Gasteiger charge is 2.16. The molecular formula is C32H27ClN6O. The summed E-state index contributed by atoms with van der Waals surface area (Å²) in [4.78, 5) is 9.22. The van der Waals surface area contributed by atoms with Crippen LogP contribution in [0, 0.1) is 0 Å². The lowest BCUT2D eigenvalue weighted by Crippen LogP contribution is -2.04. The van der Waals surface area contributed by atoms with Gasteiger partial charge < -0.3 is 25.7 Å². The van der Waals surface area contributed by atoms with Gasteiger partial charge in [0.15, 0.2) is 0 Å². The van der Waals surface area contributed by atoms with Gasteiger partial charge in [0.2, 0.25) is 5.95 Å². The first kappa shape index (κ1) is 25.3. The lowest BCUT2D eigenvalue weighted by atomic mass is 10.1. The second kappa shape index (κ2) is 11.0. The third-order valence-corrected chi connectivity index (χ3v) is 6.97. The Labute approximate surface area is 237 Å². The Morgan fingerprint density at radius 3 is 2.48 bits per heavy atom. The highest BCUT2D eigenvalue weighted by molar-refractivity contribution is 6.33. The monoisotopic (exact) mass is 546 g/mol. The molecule has 0 amide bonds. The van der Waals surface area contributed by atoms with Crippen molar-refractivity contribution in [3.05, 3.63) is 120 Å². The molecule has 0 unspecified atom stereocenters. The molecule has 2 aromatic heterocycles. The Hall–Kier alpha value is -5.01. The minimum absolute atomic E-state index is 0.425. The summed E-state index contributed by atoms with van der Waals surface area (Å²) in [6, 6.07) is 32.1. The van der Waals surface area contributed by atoms with E-state index in [4.69, 9.17) is 27.1 Å². The van der Waals surface area contributed by atoms with Gasteiger partial charge in [-0.25, -0.2) is 9.97 Å². The van der Waals surface area contributed by atoms with Gasteiger partial charge in [0.25, 0.3) is 0 Å². The fourth-order valence-electron chi connectivity index (χ4n) is 4.66. The van der Waals surface area contributed by atoms with E-state index >= 15 is 0 Å².